The van der Waals surface area contributed by atoms with Crippen LogP contribution in [-0.2, 0) is 4.79 Å². The molecule has 21 heavy (non-hydrogen) atoms. The van der Waals surface area contributed by atoms with Crippen LogP contribution >= 0.6 is 0 Å². The number of amides is 2. The maximum atomic E-state index is 12.8. The molecule has 2 amide bonds. The van der Waals surface area contributed by atoms with E-state index in [2.05, 4.69) is 5.32 Å². The second-order valence-electron chi connectivity index (χ2n) is 5.87. The summed E-state index contributed by atoms with van der Waals surface area (Å²) in [5.41, 5.74) is -0.275. The number of halogens is 1. The second kappa shape index (κ2) is 5.02. The molecule has 1 saturated heterocycles. The molecule has 1 heterocycles. The van der Waals surface area contributed by atoms with Gasteiger partial charge in [-0.25, -0.2) is 9.18 Å². The Kier molecular flexibility index (Phi) is 3.31. The normalized spacial score (nSPS) is 27.5. The van der Waals surface area contributed by atoms with Crippen LogP contribution in [0, 0.1) is 17.2 Å². The number of rotatable bonds is 2. The lowest BCUT2D eigenvalue weighted by molar-refractivity contribution is -0.149. The Morgan fingerprint density at radius 2 is 2.05 bits per heavy atom. The van der Waals surface area contributed by atoms with Crippen molar-refractivity contribution in [2.45, 2.75) is 19.3 Å². The van der Waals surface area contributed by atoms with Crippen LogP contribution in [0.4, 0.5) is 14.9 Å². The smallest absolute Gasteiger partial charge is 0.321 e. The zero-order valence-electron chi connectivity index (χ0n) is 11.5. The fraction of sp³-hybridized carbons (Fsp3) is 0.467. The van der Waals surface area contributed by atoms with E-state index in [9.17, 15) is 19.1 Å². The fourth-order valence-corrected chi connectivity index (χ4v) is 3.53. The molecule has 3 rings (SSSR count). The van der Waals surface area contributed by atoms with Crippen LogP contribution < -0.4 is 5.32 Å². The Balaban J connectivity index is 1.70. The predicted molar refractivity (Wildman–Crippen MR) is 74.4 cm³/mol. The van der Waals surface area contributed by atoms with E-state index in [1.54, 1.807) is 4.90 Å². The summed E-state index contributed by atoms with van der Waals surface area (Å²) in [7, 11) is 0. The number of likely N-dealkylation sites (tertiary alicyclic amines) is 1. The molecule has 2 aliphatic rings. The molecule has 0 unspecified atom stereocenters. The Labute approximate surface area is 121 Å². The molecule has 1 aliphatic carbocycles. The van der Waals surface area contributed by atoms with Crippen molar-refractivity contribution in [3.63, 3.8) is 0 Å². The molecule has 0 spiro atoms. The van der Waals surface area contributed by atoms with E-state index in [4.69, 9.17) is 0 Å². The number of anilines is 1. The van der Waals surface area contributed by atoms with Crippen LogP contribution in [0.2, 0.25) is 0 Å². The number of aliphatic carboxylic acids is 1. The number of hydrogen-bond donors (Lipinski definition) is 2. The van der Waals surface area contributed by atoms with Gasteiger partial charge in [0.2, 0.25) is 0 Å². The lowest BCUT2D eigenvalue weighted by Crippen LogP contribution is -2.38. The van der Waals surface area contributed by atoms with Crippen molar-refractivity contribution >= 4 is 17.7 Å². The third-order valence-electron chi connectivity index (χ3n) is 4.68. The minimum atomic E-state index is -0.804. The molecule has 1 aromatic carbocycles. The summed E-state index contributed by atoms with van der Waals surface area (Å²) >= 11 is 0. The van der Waals surface area contributed by atoms with Crippen molar-refractivity contribution in [3.8, 4) is 0 Å². The number of carbonyl (C=O) groups is 2. The maximum Gasteiger partial charge on any atom is 0.321 e. The summed E-state index contributed by atoms with van der Waals surface area (Å²) < 4.78 is 12.8. The monoisotopic (exact) mass is 292 g/mol. The van der Waals surface area contributed by atoms with Crippen molar-refractivity contribution < 1.29 is 19.1 Å². The highest BCUT2D eigenvalue weighted by atomic mass is 19.1. The molecule has 1 saturated carbocycles. The van der Waals surface area contributed by atoms with Gasteiger partial charge in [-0.2, -0.15) is 0 Å². The van der Waals surface area contributed by atoms with E-state index >= 15 is 0 Å². The van der Waals surface area contributed by atoms with Crippen molar-refractivity contribution in [2.24, 2.45) is 11.3 Å². The first kappa shape index (κ1) is 13.9. The SMILES string of the molecule is O=C(Nc1ccc(F)cc1)N1C[C@@H]2CCC[C@@]2(C(=O)O)C1. The van der Waals surface area contributed by atoms with Gasteiger partial charge in [-0.05, 0) is 43.0 Å². The molecule has 2 N–H and O–H groups in total. The van der Waals surface area contributed by atoms with E-state index in [1.807, 2.05) is 0 Å². The first-order valence-electron chi connectivity index (χ1n) is 7.06. The van der Waals surface area contributed by atoms with Crippen molar-refractivity contribution in [3.05, 3.63) is 30.1 Å². The maximum absolute atomic E-state index is 12.8. The summed E-state index contributed by atoms with van der Waals surface area (Å²) in [6.45, 7) is 0.722. The summed E-state index contributed by atoms with van der Waals surface area (Å²) in [5.74, 6) is -1.13. The van der Waals surface area contributed by atoms with Crippen LogP contribution in [0.1, 0.15) is 19.3 Å². The second-order valence-corrected chi connectivity index (χ2v) is 5.87. The number of carboxylic acids is 1. The average Bonchev–Trinajstić information content (AvgIpc) is 2.99. The number of hydrogen-bond acceptors (Lipinski definition) is 2. The van der Waals surface area contributed by atoms with Crippen LogP contribution in [0.15, 0.2) is 24.3 Å². The molecule has 0 bridgehead atoms. The van der Waals surface area contributed by atoms with E-state index in [-0.39, 0.29) is 24.3 Å². The topological polar surface area (TPSA) is 69.6 Å². The largest absolute Gasteiger partial charge is 0.481 e. The number of nitrogens with one attached hydrogen (secondary N) is 1. The highest BCUT2D eigenvalue weighted by molar-refractivity contribution is 5.90. The minimum Gasteiger partial charge on any atom is -0.481 e. The lowest BCUT2D eigenvalue weighted by Gasteiger charge is -2.23. The number of carboxylic acid groups (broad SMARTS) is 1. The van der Waals surface area contributed by atoms with Crippen LogP contribution in [0.3, 0.4) is 0 Å². The van der Waals surface area contributed by atoms with Crippen molar-refractivity contribution in [1.82, 2.24) is 4.90 Å². The molecule has 6 heteroatoms. The third kappa shape index (κ3) is 2.34. The van der Waals surface area contributed by atoms with Crippen LogP contribution in [0.25, 0.3) is 0 Å². The molecule has 2 atom stereocenters. The summed E-state index contributed by atoms with van der Waals surface area (Å²) in [5, 5.41) is 12.2. The predicted octanol–water partition coefficient (Wildman–Crippen LogP) is 2.54. The van der Waals surface area contributed by atoms with E-state index < -0.39 is 11.4 Å². The fourth-order valence-electron chi connectivity index (χ4n) is 3.53. The van der Waals surface area contributed by atoms with Gasteiger partial charge in [-0.15, -0.1) is 0 Å². The number of urea groups is 1. The van der Waals surface area contributed by atoms with Gasteiger partial charge in [0.05, 0.1) is 5.41 Å². The zero-order chi connectivity index (χ0) is 15.0. The van der Waals surface area contributed by atoms with Gasteiger partial charge in [0, 0.05) is 18.8 Å². The molecule has 2 fully saturated rings. The molecular weight excluding hydrogens is 275 g/mol. The summed E-state index contributed by atoms with van der Waals surface area (Å²) in [6.07, 6.45) is 2.39. The van der Waals surface area contributed by atoms with E-state index in [0.717, 1.165) is 12.8 Å². The molecule has 0 radical (unpaired) electrons. The third-order valence-corrected chi connectivity index (χ3v) is 4.68. The number of fused-ring (bicyclic) bond motifs is 1. The van der Waals surface area contributed by atoms with Gasteiger partial charge in [-0.1, -0.05) is 6.42 Å². The highest BCUT2D eigenvalue weighted by Crippen LogP contribution is 2.48. The Hall–Kier alpha value is -2.11. The summed E-state index contributed by atoms with van der Waals surface area (Å²) in [4.78, 5) is 25.3. The highest BCUT2D eigenvalue weighted by Gasteiger charge is 2.55. The molecular formula is C15H17FN2O3. The standard InChI is InChI=1S/C15H17FN2O3/c16-11-3-5-12(6-4-11)17-14(21)18-8-10-2-1-7-15(10,9-18)13(19)20/h3-6,10H,1-2,7-9H2,(H,17,21)(H,19,20)/t10-,15+/m0/s1. The summed E-state index contributed by atoms with van der Waals surface area (Å²) in [6, 6.07) is 5.19. The van der Waals surface area contributed by atoms with Crippen LogP contribution in [-0.4, -0.2) is 35.1 Å². The van der Waals surface area contributed by atoms with Crippen LogP contribution in [0.5, 0.6) is 0 Å². The number of carbonyl (C=O) groups excluding carboxylic acids is 1. The molecule has 0 aromatic heterocycles. The molecule has 5 nitrogen and oxygen atoms in total. The Morgan fingerprint density at radius 1 is 1.33 bits per heavy atom. The quantitative estimate of drug-likeness (QED) is 0.880. The first-order valence-corrected chi connectivity index (χ1v) is 7.06. The number of nitrogens with zero attached hydrogens (tertiary/aromatic N) is 1. The van der Waals surface area contributed by atoms with Crippen molar-refractivity contribution in [2.75, 3.05) is 18.4 Å². The molecule has 1 aliphatic heterocycles. The van der Waals surface area contributed by atoms with Crippen molar-refractivity contribution in [1.29, 1.82) is 0 Å². The van der Waals surface area contributed by atoms with Gasteiger partial charge < -0.3 is 15.3 Å². The average molecular weight is 292 g/mol. The van der Waals surface area contributed by atoms with Gasteiger partial charge in [-0.3, -0.25) is 4.79 Å². The van der Waals surface area contributed by atoms with Gasteiger partial charge in [0.1, 0.15) is 5.82 Å². The molecule has 112 valence electrons. The minimum absolute atomic E-state index is 0.0361. The zero-order valence-corrected chi connectivity index (χ0v) is 11.5. The first-order chi connectivity index (χ1) is 10.0. The molecule has 1 aromatic rings. The Morgan fingerprint density at radius 3 is 2.67 bits per heavy atom. The van der Waals surface area contributed by atoms with Gasteiger partial charge >= 0.3 is 12.0 Å². The number of benzene rings is 1. The Bertz CT molecular complexity index is 575. The van der Waals surface area contributed by atoms with Gasteiger partial charge in [0.25, 0.3) is 0 Å². The van der Waals surface area contributed by atoms with E-state index in [1.165, 1.54) is 24.3 Å². The van der Waals surface area contributed by atoms with E-state index in [0.29, 0.717) is 18.7 Å². The lowest BCUT2D eigenvalue weighted by atomic mass is 9.81. The van der Waals surface area contributed by atoms with Gasteiger partial charge in [0.15, 0.2) is 0 Å².